The fraction of sp³-hybridized carbons (Fsp3) is 0.303. The van der Waals surface area contributed by atoms with Crippen molar-refractivity contribution < 1.29 is 14.3 Å². The summed E-state index contributed by atoms with van der Waals surface area (Å²) in [5.74, 6) is 0.833. The van der Waals surface area contributed by atoms with Crippen LogP contribution in [0.25, 0.3) is 10.8 Å². The third-order valence-corrected chi connectivity index (χ3v) is 7.58. The number of nitrogens with one attached hydrogen (secondary N) is 1. The molecule has 0 bridgehead atoms. The zero-order valence-corrected chi connectivity index (χ0v) is 22.4. The van der Waals surface area contributed by atoms with Crippen molar-refractivity contribution in [1.82, 2.24) is 5.32 Å². The number of fused-ring (bicyclic) bond motifs is 2. The Morgan fingerprint density at radius 1 is 1.03 bits per heavy atom. The maximum Gasteiger partial charge on any atom is 0.343 e. The number of ether oxygens (including phenoxy) is 2. The average molecular weight is 509 g/mol. The minimum atomic E-state index is -0.386. The lowest BCUT2D eigenvalue weighted by molar-refractivity contribution is -0.142. The first-order chi connectivity index (χ1) is 18.5. The van der Waals surface area contributed by atoms with E-state index in [-0.39, 0.29) is 18.6 Å². The standard InChI is InChI=1S/C33H36N2O3/c1-23-15-16-28(20-32(23)38-22-33(36)37-3)35-21-25(19-27-10-5-7-14-31(27)35)17-18-34-24(2)29-13-8-11-26-9-4-6-12-30(26)29/h4-16,20,24-25,34H,17-19,21-22H2,1-3H3. The second kappa shape index (κ2) is 11.7. The van der Waals surface area contributed by atoms with Crippen LogP contribution in [-0.2, 0) is 16.0 Å². The highest BCUT2D eigenvalue weighted by molar-refractivity contribution is 5.86. The van der Waals surface area contributed by atoms with Crippen LogP contribution >= 0.6 is 0 Å². The number of carbonyl (C=O) groups is 1. The van der Waals surface area contributed by atoms with Crippen molar-refractivity contribution in [1.29, 1.82) is 0 Å². The molecule has 1 heterocycles. The summed E-state index contributed by atoms with van der Waals surface area (Å²) in [6, 6.07) is 30.3. The number of para-hydroxylation sites is 1. The normalized spacial score (nSPS) is 15.7. The molecule has 0 spiro atoms. The predicted octanol–water partition coefficient (Wildman–Crippen LogP) is 6.75. The number of carbonyl (C=O) groups excluding carboxylic acids is 1. The van der Waals surface area contributed by atoms with Crippen molar-refractivity contribution in [2.24, 2.45) is 5.92 Å². The smallest absolute Gasteiger partial charge is 0.343 e. The monoisotopic (exact) mass is 508 g/mol. The van der Waals surface area contributed by atoms with E-state index in [0.29, 0.717) is 11.7 Å². The number of hydrogen-bond acceptors (Lipinski definition) is 5. The Labute approximate surface area is 225 Å². The molecule has 0 aromatic heterocycles. The number of nitrogens with zero attached hydrogens (tertiary/aromatic N) is 1. The van der Waals surface area contributed by atoms with Gasteiger partial charge in [0.2, 0.25) is 0 Å². The second-order valence-electron chi connectivity index (χ2n) is 10.2. The number of rotatable bonds is 9. The largest absolute Gasteiger partial charge is 0.482 e. The summed E-state index contributed by atoms with van der Waals surface area (Å²) in [5, 5.41) is 6.38. The van der Waals surface area contributed by atoms with Gasteiger partial charge in [-0.1, -0.05) is 66.7 Å². The highest BCUT2D eigenvalue weighted by Gasteiger charge is 2.26. The predicted molar refractivity (Wildman–Crippen MR) is 154 cm³/mol. The molecule has 1 N–H and O–H groups in total. The molecular weight excluding hydrogens is 472 g/mol. The van der Waals surface area contributed by atoms with Gasteiger partial charge in [-0.05, 0) is 78.7 Å². The lowest BCUT2D eigenvalue weighted by Gasteiger charge is -2.36. The van der Waals surface area contributed by atoms with E-state index < -0.39 is 0 Å². The van der Waals surface area contributed by atoms with Crippen LogP contribution in [0.15, 0.2) is 84.9 Å². The Balaban J connectivity index is 1.29. The lowest BCUT2D eigenvalue weighted by atomic mass is 9.89. The maximum atomic E-state index is 11.6. The zero-order valence-electron chi connectivity index (χ0n) is 22.4. The molecule has 0 radical (unpaired) electrons. The number of aryl methyl sites for hydroxylation is 1. The van der Waals surface area contributed by atoms with Gasteiger partial charge in [-0.2, -0.15) is 0 Å². The highest BCUT2D eigenvalue weighted by Crippen LogP contribution is 2.38. The van der Waals surface area contributed by atoms with Crippen LogP contribution in [0.2, 0.25) is 0 Å². The third-order valence-electron chi connectivity index (χ3n) is 7.58. The van der Waals surface area contributed by atoms with Crippen LogP contribution in [0.4, 0.5) is 11.4 Å². The maximum absolute atomic E-state index is 11.6. The van der Waals surface area contributed by atoms with Gasteiger partial charge in [0.05, 0.1) is 7.11 Å². The summed E-state index contributed by atoms with van der Waals surface area (Å²) in [7, 11) is 1.37. The lowest BCUT2D eigenvalue weighted by Crippen LogP contribution is -2.34. The van der Waals surface area contributed by atoms with Gasteiger partial charge < -0.3 is 19.7 Å². The average Bonchev–Trinajstić information content (AvgIpc) is 2.95. The first-order valence-electron chi connectivity index (χ1n) is 13.4. The molecule has 0 saturated heterocycles. The van der Waals surface area contributed by atoms with Gasteiger partial charge in [-0.25, -0.2) is 4.79 Å². The summed E-state index contributed by atoms with van der Waals surface area (Å²) in [5.41, 5.74) is 6.01. The summed E-state index contributed by atoms with van der Waals surface area (Å²) >= 11 is 0. The Morgan fingerprint density at radius 3 is 2.68 bits per heavy atom. The Morgan fingerprint density at radius 2 is 1.82 bits per heavy atom. The molecule has 2 atom stereocenters. The number of benzene rings is 4. The minimum Gasteiger partial charge on any atom is -0.482 e. The molecule has 0 saturated carbocycles. The van der Waals surface area contributed by atoms with E-state index in [4.69, 9.17) is 9.47 Å². The fourth-order valence-corrected chi connectivity index (χ4v) is 5.47. The van der Waals surface area contributed by atoms with E-state index in [2.05, 4.69) is 96.0 Å². The zero-order chi connectivity index (χ0) is 26.5. The van der Waals surface area contributed by atoms with Crippen LogP contribution in [0.1, 0.15) is 36.1 Å². The van der Waals surface area contributed by atoms with E-state index >= 15 is 0 Å². The number of esters is 1. The van der Waals surface area contributed by atoms with Gasteiger partial charge >= 0.3 is 5.97 Å². The van der Waals surface area contributed by atoms with E-state index in [1.165, 1.54) is 34.7 Å². The summed E-state index contributed by atoms with van der Waals surface area (Å²) in [4.78, 5) is 14.0. The quantitative estimate of drug-likeness (QED) is 0.253. The molecule has 5 rings (SSSR count). The highest BCUT2D eigenvalue weighted by atomic mass is 16.6. The molecule has 1 aliphatic heterocycles. The first kappa shape index (κ1) is 25.8. The molecule has 1 aliphatic rings. The first-order valence-corrected chi connectivity index (χ1v) is 13.4. The third kappa shape index (κ3) is 5.68. The van der Waals surface area contributed by atoms with E-state index in [1.807, 2.05) is 13.0 Å². The van der Waals surface area contributed by atoms with Crippen molar-refractivity contribution in [3.8, 4) is 5.75 Å². The van der Waals surface area contributed by atoms with Crippen LogP contribution in [0, 0.1) is 12.8 Å². The van der Waals surface area contributed by atoms with Crippen molar-refractivity contribution in [2.75, 3.05) is 31.7 Å². The fourth-order valence-electron chi connectivity index (χ4n) is 5.47. The van der Waals surface area contributed by atoms with Crippen LogP contribution in [-0.4, -0.2) is 32.8 Å². The van der Waals surface area contributed by atoms with Crippen molar-refractivity contribution in [3.05, 3.63) is 102 Å². The molecule has 4 aromatic carbocycles. The van der Waals surface area contributed by atoms with E-state index in [9.17, 15) is 4.79 Å². The van der Waals surface area contributed by atoms with E-state index in [1.54, 1.807) is 0 Å². The van der Waals surface area contributed by atoms with Crippen molar-refractivity contribution in [2.45, 2.75) is 32.7 Å². The Kier molecular flexibility index (Phi) is 7.94. The minimum absolute atomic E-state index is 0.0967. The molecular formula is C33H36N2O3. The molecule has 0 aliphatic carbocycles. The molecule has 4 aromatic rings. The van der Waals surface area contributed by atoms with Gasteiger partial charge in [-0.15, -0.1) is 0 Å². The molecule has 5 heteroatoms. The Hall–Kier alpha value is -3.83. The Bertz CT molecular complexity index is 1410. The number of hydrogen-bond donors (Lipinski definition) is 1. The van der Waals surface area contributed by atoms with E-state index in [0.717, 1.165) is 37.2 Å². The van der Waals surface area contributed by atoms with Crippen molar-refractivity contribution in [3.63, 3.8) is 0 Å². The van der Waals surface area contributed by atoms with Gasteiger partial charge in [-0.3, -0.25) is 0 Å². The van der Waals surface area contributed by atoms with Gasteiger partial charge in [0.25, 0.3) is 0 Å². The van der Waals surface area contributed by atoms with Crippen molar-refractivity contribution >= 4 is 28.1 Å². The summed E-state index contributed by atoms with van der Waals surface area (Å²) in [6.07, 6.45) is 2.14. The molecule has 196 valence electrons. The van der Waals surface area contributed by atoms with Crippen LogP contribution in [0.3, 0.4) is 0 Å². The van der Waals surface area contributed by atoms with Gasteiger partial charge in [0.1, 0.15) is 5.75 Å². The summed E-state index contributed by atoms with van der Waals surface area (Å²) in [6.45, 7) is 6.03. The molecule has 5 nitrogen and oxygen atoms in total. The SMILES string of the molecule is COC(=O)COc1cc(N2CC(CCNC(C)c3cccc4ccccc34)Cc3ccccc32)ccc1C. The number of methoxy groups -OCH3 is 1. The molecule has 2 unspecified atom stereocenters. The number of anilines is 2. The van der Waals surface area contributed by atoms with Crippen LogP contribution < -0.4 is 15.0 Å². The summed E-state index contributed by atoms with van der Waals surface area (Å²) < 4.78 is 10.5. The van der Waals surface area contributed by atoms with Gasteiger partial charge in [0, 0.05) is 30.0 Å². The second-order valence-corrected chi connectivity index (χ2v) is 10.2. The van der Waals surface area contributed by atoms with Gasteiger partial charge in [0.15, 0.2) is 6.61 Å². The molecule has 0 amide bonds. The van der Waals surface area contributed by atoms with Crippen LogP contribution in [0.5, 0.6) is 5.75 Å². The molecule has 0 fully saturated rings. The topological polar surface area (TPSA) is 50.8 Å². The molecule has 38 heavy (non-hydrogen) atoms.